The lowest BCUT2D eigenvalue weighted by molar-refractivity contribution is -0.130. The van der Waals surface area contributed by atoms with Crippen LogP contribution in [0.25, 0.3) is 0 Å². The van der Waals surface area contributed by atoms with Crippen LogP contribution in [0.1, 0.15) is 50.2 Å². The summed E-state index contributed by atoms with van der Waals surface area (Å²) in [4.78, 5) is 13.1. The molecule has 0 spiro atoms. The van der Waals surface area contributed by atoms with Crippen LogP contribution in [0.3, 0.4) is 0 Å². The molecule has 0 saturated carbocycles. The molecule has 2 aromatic rings. The van der Waals surface area contributed by atoms with Crippen molar-refractivity contribution in [2.75, 3.05) is 6.26 Å². The van der Waals surface area contributed by atoms with Crippen LogP contribution in [0.5, 0.6) is 0 Å². The minimum atomic E-state index is -3.39. The third kappa shape index (κ3) is 6.05. The highest BCUT2D eigenvalue weighted by molar-refractivity contribution is 7.91. The summed E-state index contributed by atoms with van der Waals surface area (Å²) < 4.78 is 25.7. The van der Waals surface area contributed by atoms with Gasteiger partial charge in [0.25, 0.3) is 0 Å². The molecule has 1 heterocycles. The number of sulfone groups is 1. The molecule has 1 saturated heterocycles. The Morgan fingerprint density at radius 3 is 2.44 bits per heavy atom. The molecule has 0 aliphatic carbocycles. The summed E-state index contributed by atoms with van der Waals surface area (Å²) in [5.41, 5.74) is 1.35. The SMILES string of the molecule is C=CC[C@H]1C[C@H](c2cccc(Cl)c2)[C@@H]([C@@](C)(CCc2ccc(Cl)cc2)[C@@H](C)S(C)(=O)=O)NC1=O. The van der Waals surface area contributed by atoms with Crippen LogP contribution in [0.15, 0.2) is 61.2 Å². The highest BCUT2D eigenvalue weighted by Gasteiger charge is 2.50. The van der Waals surface area contributed by atoms with Gasteiger partial charge in [-0.3, -0.25) is 4.79 Å². The predicted octanol–water partition coefficient (Wildman–Crippen LogP) is 6.23. The van der Waals surface area contributed by atoms with Crippen LogP contribution >= 0.6 is 23.2 Å². The Kier molecular flexibility index (Phi) is 8.54. The van der Waals surface area contributed by atoms with E-state index in [0.29, 0.717) is 35.7 Å². The molecule has 34 heavy (non-hydrogen) atoms. The lowest BCUT2D eigenvalue weighted by Crippen LogP contribution is -2.60. The predicted molar refractivity (Wildman–Crippen MR) is 141 cm³/mol. The number of halogens is 2. The Balaban J connectivity index is 2.06. The molecule has 3 rings (SSSR count). The van der Waals surface area contributed by atoms with Crippen molar-refractivity contribution in [2.45, 2.75) is 56.7 Å². The fourth-order valence-electron chi connectivity index (χ4n) is 5.18. The van der Waals surface area contributed by atoms with Gasteiger partial charge in [0.2, 0.25) is 5.91 Å². The number of carbonyl (C=O) groups excluding carboxylic acids is 1. The molecule has 4 nitrogen and oxygen atoms in total. The monoisotopic (exact) mass is 521 g/mol. The number of nitrogens with one attached hydrogen (secondary N) is 1. The van der Waals surface area contributed by atoms with Gasteiger partial charge in [-0.1, -0.05) is 60.5 Å². The van der Waals surface area contributed by atoms with Crippen LogP contribution < -0.4 is 5.32 Å². The van der Waals surface area contributed by atoms with Gasteiger partial charge in [0.05, 0.1) is 5.25 Å². The maximum atomic E-state index is 13.1. The van der Waals surface area contributed by atoms with Gasteiger partial charge >= 0.3 is 0 Å². The number of piperidine rings is 1. The number of hydrogen-bond donors (Lipinski definition) is 1. The van der Waals surface area contributed by atoms with E-state index >= 15 is 0 Å². The number of benzene rings is 2. The van der Waals surface area contributed by atoms with E-state index in [1.165, 1.54) is 6.26 Å². The largest absolute Gasteiger partial charge is 0.352 e. The summed E-state index contributed by atoms with van der Waals surface area (Å²) in [6.07, 6.45) is 5.46. The van der Waals surface area contributed by atoms with Crippen molar-refractivity contribution < 1.29 is 13.2 Å². The van der Waals surface area contributed by atoms with Crippen molar-refractivity contribution in [3.63, 3.8) is 0 Å². The number of hydrogen-bond acceptors (Lipinski definition) is 3. The number of rotatable bonds is 9. The topological polar surface area (TPSA) is 63.2 Å². The summed E-state index contributed by atoms with van der Waals surface area (Å²) in [5.74, 6) is -0.353. The Morgan fingerprint density at radius 1 is 1.18 bits per heavy atom. The van der Waals surface area contributed by atoms with Gasteiger partial charge in [0.15, 0.2) is 9.84 Å². The van der Waals surface area contributed by atoms with E-state index in [2.05, 4.69) is 11.9 Å². The molecule has 1 fully saturated rings. The minimum absolute atomic E-state index is 0.0541. The van der Waals surface area contributed by atoms with Crippen LogP contribution in [-0.2, 0) is 21.1 Å². The molecular weight excluding hydrogens is 489 g/mol. The molecule has 1 N–H and O–H groups in total. The van der Waals surface area contributed by atoms with Gasteiger partial charge in [-0.25, -0.2) is 8.42 Å². The second-order valence-electron chi connectivity index (χ2n) is 9.71. The fraction of sp³-hybridized carbons (Fsp3) is 0.444. The zero-order chi connectivity index (χ0) is 25.1. The first kappa shape index (κ1) is 26.8. The highest BCUT2D eigenvalue weighted by Crippen LogP contribution is 2.46. The Bertz CT molecular complexity index is 1130. The zero-order valence-electron chi connectivity index (χ0n) is 19.9. The first-order chi connectivity index (χ1) is 16.0. The third-order valence-corrected chi connectivity index (χ3v) is 9.79. The highest BCUT2D eigenvalue weighted by atomic mass is 35.5. The number of aryl methyl sites for hydroxylation is 1. The lowest BCUT2D eigenvalue weighted by atomic mass is 9.64. The van der Waals surface area contributed by atoms with Crippen molar-refractivity contribution in [3.05, 3.63) is 82.4 Å². The number of allylic oxidation sites excluding steroid dienone is 1. The maximum absolute atomic E-state index is 13.1. The lowest BCUT2D eigenvalue weighted by Gasteiger charge is -2.49. The molecule has 2 aromatic carbocycles. The summed E-state index contributed by atoms with van der Waals surface area (Å²) in [7, 11) is -3.39. The molecule has 7 heteroatoms. The zero-order valence-corrected chi connectivity index (χ0v) is 22.3. The van der Waals surface area contributed by atoms with Crippen molar-refractivity contribution in [1.82, 2.24) is 5.32 Å². The summed E-state index contributed by atoms with van der Waals surface area (Å²) in [5, 5.41) is 3.85. The smallest absolute Gasteiger partial charge is 0.223 e. The second kappa shape index (κ2) is 10.8. The van der Waals surface area contributed by atoms with Crippen molar-refractivity contribution >= 4 is 38.9 Å². The molecule has 0 aromatic heterocycles. The molecule has 0 radical (unpaired) electrons. The van der Waals surface area contributed by atoms with E-state index in [-0.39, 0.29) is 23.8 Å². The van der Waals surface area contributed by atoms with Crippen LogP contribution in [0.4, 0.5) is 0 Å². The molecule has 0 bridgehead atoms. The molecule has 1 aliphatic rings. The normalized spacial score (nSPS) is 23.6. The van der Waals surface area contributed by atoms with E-state index in [1.54, 1.807) is 13.0 Å². The van der Waals surface area contributed by atoms with E-state index in [1.807, 2.05) is 55.5 Å². The molecular formula is C27H33Cl2NO3S. The Labute approximate surface area is 213 Å². The summed E-state index contributed by atoms with van der Waals surface area (Å²) in [6, 6.07) is 14.9. The summed E-state index contributed by atoms with van der Waals surface area (Å²) in [6.45, 7) is 7.56. The van der Waals surface area contributed by atoms with Gasteiger partial charge < -0.3 is 5.32 Å². The van der Waals surface area contributed by atoms with Gasteiger partial charge in [0.1, 0.15) is 0 Å². The molecule has 1 amide bonds. The molecule has 5 atom stereocenters. The first-order valence-electron chi connectivity index (χ1n) is 11.6. The van der Waals surface area contributed by atoms with Crippen molar-refractivity contribution in [1.29, 1.82) is 0 Å². The number of carbonyl (C=O) groups is 1. The maximum Gasteiger partial charge on any atom is 0.223 e. The van der Waals surface area contributed by atoms with Gasteiger partial charge in [-0.15, -0.1) is 6.58 Å². The van der Waals surface area contributed by atoms with Gasteiger partial charge in [0, 0.05) is 39.6 Å². The Hall–Kier alpha value is -1.82. The quantitative estimate of drug-likeness (QED) is 0.397. The van der Waals surface area contributed by atoms with Crippen molar-refractivity contribution in [2.24, 2.45) is 11.3 Å². The van der Waals surface area contributed by atoms with Crippen LogP contribution in [0, 0.1) is 11.3 Å². The Morgan fingerprint density at radius 2 is 1.85 bits per heavy atom. The van der Waals surface area contributed by atoms with E-state index in [9.17, 15) is 13.2 Å². The second-order valence-corrected chi connectivity index (χ2v) is 12.9. The number of amides is 1. The van der Waals surface area contributed by atoms with Gasteiger partial charge in [-0.05, 0) is 68.0 Å². The van der Waals surface area contributed by atoms with E-state index < -0.39 is 20.5 Å². The average molecular weight is 523 g/mol. The van der Waals surface area contributed by atoms with Gasteiger partial charge in [-0.2, -0.15) is 0 Å². The molecule has 0 unspecified atom stereocenters. The van der Waals surface area contributed by atoms with Crippen molar-refractivity contribution in [3.8, 4) is 0 Å². The van der Waals surface area contributed by atoms with Crippen LogP contribution in [-0.4, -0.2) is 31.9 Å². The average Bonchev–Trinajstić information content (AvgIpc) is 2.78. The van der Waals surface area contributed by atoms with E-state index in [4.69, 9.17) is 23.2 Å². The standard InChI is InChI=1S/C27H33Cl2NO3S/c1-5-7-21-17-24(20-8-6-9-23(29)16-20)25(30-26(21)31)27(3,18(2)34(4,32)33)15-14-19-10-12-22(28)13-11-19/h5-6,8-13,16,18,21,24-25H,1,7,14-15,17H2,2-4H3,(H,30,31)/t18-,21+,24-,25+,27+/m1/s1. The minimum Gasteiger partial charge on any atom is -0.352 e. The first-order valence-corrected chi connectivity index (χ1v) is 14.3. The summed E-state index contributed by atoms with van der Waals surface area (Å²) >= 11 is 12.4. The molecule has 1 aliphatic heterocycles. The fourth-order valence-corrected chi connectivity index (χ4v) is 6.75. The third-order valence-electron chi connectivity index (χ3n) is 7.48. The van der Waals surface area contributed by atoms with E-state index in [0.717, 1.165) is 11.1 Å². The molecule has 184 valence electrons. The van der Waals surface area contributed by atoms with Crippen LogP contribution in [0.2, 0.25) is 10.0 Å².